The van der Waals surface area contributed by atoms with Crippen molar-refractivity contribution in [1.82, 2.24) is 88.3 Å². The van der Waals surface area contributed by atoms with Gasteiger partial charge in [0.2, 0.25) is 70.9 Å². The summed E-state index contributed by atoms with van der Waals surface area (Å²) in [4.78, 5) is 201. The molecule has 1 aliphatic heterocycles. The molecule has 123 heavy (non-hydrogen) atoms. The quantitative estimate of drug-likeness (QED) is 0.0234. The number of nitrogens with two attached hydrogens (primary N) is 3. The molecule has 1 fully saturated rings. The number of carbonyl (C=O) groups is 14. The highest BCUT2D eigenvalue weighted by Gasteiger charge is 2.45. The number of carboxylic acid groups (broad SMARTS) is 2. The van der Waals surface area contributed by atoms with Gasteiger partial charge in [-0.2, -0.15) is 0 Å². The molecule has 4 heterocycles. The van der Waals surface area contributed by atoms with Crippen LogP contribution in [0, 0.1) is 5.92 Å². The smallest absolute Gasteiger partial charge is 0.326 e. The van der Waals surface area contributed by atoms with Crippen LogP contribution in [0.1, 0.15) is 119 Å². The minimum atomic E-state index is -1.45. The number of para-hydroxylation sites is 2. The second kappa shape index (κ2) is 46.5. The summed E-state index contributed by atoms with van der Waals surface area (Å²) in [5, 5.41) is 59.0. The fraction of sp³-hybridized carbons (Fsp3) is 0.425. The van der Waals surface area contributed by atoms with E-state index in [1.807, 2.05) is 62.4 Å². The maximum atomic E-state index is 15.0. The predicted octanol–water partition coefficient (Wildman–Crippen LogP) is 0.792. The number of aliphatic carboxylic acids is 2. The summed E-state index contributed by atoms with van der Waals surface area (Å²) in [6.45, 7) is 5.87. The lowest BCUT2D eigenvalue weighted by Crippen LogP contribution is -2.60. The minimum absolute atomic E-state index is 0.0173. The number of nitrogens with zero attached hydrogens (tertiary/aromatic N) is 4. The van der Waals surface area contributed by atoms with Crippen molar-refractivity contribution in [2.24, 2.45) is 23.1 Å². The van der Waals surface area contributed by atoms with E-state index in [0.717, 1.165) is 21.8 Å². The number of carboxylic acids is 2. The second-order valence-electron chi connectivity index (χ2n) is 31.3. The Hall–Kier alpha value is -13.2. The SMILES string of the molecule is CC[C@@H](N)C(=O)NCC(=O)N[C@@H]1CC(C)N([C@H](CC(C)C)C(=O)NC(Cc2ccccc2)C(=O)N[C@H](Cc2ccccc2)C(=O)N[C@H](CCCCN)C(=O)N[C@H](CCCCn2cc(C[C@@H](N)C(=O)N[C@H](Cc3ccccc3)C(=O)N[C@H](Cc3cc4ccccc4[nH]3)C(=O)N[C@H](Cc3cc4ccccc4[nH]3)C(=O)NCC(=O)NCC(=O)O)nn2)C(=O)O)C1=O. The average molecular weight is 1690 g/mol. The Labute approximate surface area is 711 Å². The van der Waals surface area contributed by atoms with Crippen molar-refractivity contribution < 1.29 is 77.3 Å². The molecular weight excluding hydrogens is 1580 g/mol. The first-order chi connectivity index (χ1) is 59.0. The van der Waals surface area contributed by atoms with E-state index in [0.29, 0.717) is 53.8 Å². The van der Waals surface area contributed by atoms with E-state index in [1.165, 1.54) is 9.58 Å². The molecule has 2 unspecified atom stereocenters. The predicted molar refractivity (Wildman–Crippen MR) is 455 cm³/mol. The van der Waals surface area contributed by atoms with Gasteiger partial charge in [-0.05, 0) is 129 Å². The molecule has 36 nitrogen and oxygen atoms in total. The number of fused-ring (bicyclic) bond motifs is 2. The average Bonchev–Trinajstić information content (AvgIpc) is 1.65. The minimum Gasteiger partial charge on any atom is -0.480 e. The first-order valence-corrected chi connectivity index (χ1v) is 41.4. The molecule has 1 aliphatic rings. The van der Waals surface area contributed by atoms with Crippen LogP contribution < -0.4 is 75.7 Å². The van der Waals surface area contributed by atoms with Gasteiger partial charge in [-0.3, -0.25) is 67.0 Å². The summed E-state index contributed by atoms with van der Waals surface area (Å²) in [5.74, 6) is -11.6. The van der Waals surface area contributed by atoms with Crippen molar-refractivity contribution in [1.29, 1.82) is 0 Å². The van der Waals surface area contributed by atoms with Crippen molar-refractivity contribution in [3.63, 3.8) is 0 Å². The van der Waals surface area contributed by atoms with Gasteiger partial charge in [-0.25, -0.2) is 4.79 Å². The molecule has 36 heteroatoms. The monoisotopic (exact) mass is 1690 g/mol. The maximum Gasteiger partial charge on any atom is 0.326 e. The molecule has 9 rings (SSSR count). The summed E-state index contributed by atoms with van der Waals surface area (Å²) in [6, 6.07) is 30.1. The Morgan fingerprint density at radius 1 is 0.488 bits per heavy atom. The third-order valence-electron chi connectivity index (χ3n) is 21.0. The van der Waals surface area contributed by atoms with Gasteiger partial charge in [0.15, 0.2) is 0 Å². The topological polar surface area (TPSA) is 555 Å². The van der Waals surface area contributed by atoms with Gasteiger partial charge < -0.3 is 101 Å². The number of hydrogen-bond acceptors (Lipinski definition) is 19. The Balaban J connectivity index is 0.831. The fourth-order valence-corrected chi connectivity index (χ4v) is 14.5. The van der Waals surface area contributed by atoms with Gasteiger partial charge >= 0.3 is 11.9 Å². The van der Waals surface area contributed by atoms with Crippen LogP contribution in [0.4, 0.5) is 0 Å². The van der Waals surface area contributed by atoms with Crippen LogP contribution in [0.25, 0.3) is 21.8 Å². The Bertz CT molecular complexity index is 4880. The van der Waals surface area contributed by atoms with E-state index in [1.54, 1.807) is 123 Å². The van der Waals surface area contributed by atoms with Crippen molar-refractivity contribution >= 4 is 105 Å². The van der Waals surface area contributed by atoms with Crippen molar-refractivity contribution in [2.75, 3.05) is 26.2 Å². The molecule has 12 amide bonds. The standard InChI is InChI=1S/C87H112N20O16/c1-5-61(89)77(112)92-48-75(109)96-72-38-52(4)107(86(72)121)73(37-51(2)3)85(120)103-69(41-55-27-13-8-14-28-55)83(118)100-68(40-54-25-11-7-12-26-54)81(116)97-65(33-19-21-35-88)80(115)98-66(87(122)123)34-20-22-36-106-50-60(104-105-106)44-62(90)78(113)99-67(39-53-23-9-6-10-24-53)82(117)102-71(46-59-43-57-30-16-18-32-64(57)95-59)84(119)101-70(79(114)93-47-74(108)91-49-76(110)111)45-58-42-56-29-15-17-31-63(56)94-58/h6-18,23-32,42-43,50-52,61-62,65-73,94-95H,5,19-22,33-41,44-49,88-90H2,1-4H3,(H,91,108)(H,92,112)(H,93,114)(H,96,109)(H,97,116)(H,98,115)(H,99,113)(H,100,118)(H,101,119)(H,102,117)(H,103,120)(H,110,111)(H,122,123)/t52?,61-,62-,65-,66-,67-,68-,69?,70-,71-,72-,73-/m1/s1. The van der Waals surface area contributed by atoms with Gasteiger partial charge in [0.05, 0.1) is 30.9 Å². The summed E-state index contributed by atoms with van der Waals surface area (Å²) in [6.07, 6.45) is 2.76. The van der Waals surface area contributed by atoms with E-state index >= 15 is 0 Å². The molecule has 3 aromatic heterocycles. The largest absolute Gasteiger partial charge is 0.480 e. The lowest BCUT2D eigenvalue weighted by Gasteiger charge is -2.33. The molecule has 656 valence electrons. The number of aryl methyl sites for hydroxylation is 1. The van der Waals surface area contributed by atoms with Crippen LogP contribution in [0.2, 0.25) is 0 Å². The Morgan fingerprint density at radius 2 is 0.927 bits per heavy atom. The first-order valence-electron chi connectivity index (χ1n) is 41.4. The molecule has 12 atom stereocenters. The third kappa shape index (κ3) is 29.0. The van der Waals surface area contributed by atoms with E-state index in [2.05, 4.69) is 78.8 Å². The van der Waals surface area contributed by atoms with Crippen LogP contribution in [-0.4, -0.2) is 222 Å². The molecule has 1 saturated heterocycles. The second-order valence-corrected chi connectivity index (χ2v) is 31.3. The number of benzene rings is 5. The third-order valence-corrected chi connectivity index (χ3v) is 21.0. The highest BCUT2D eigenvalue weighted by Crippen LogP contribution is 2.27. The molecule has 0 bridgehead atoms. The van der Waals surface area contributed by atoms with Crippen LogP contribution >= 0.6 is 0 Å². The van der Waals surface area contributed by atoms with Crippen LogP contribution in [0.15, 0.2) is 158 Å². The van der Waals surface area contributed by atoms with E-state index in [4.69, 9.17) is 22.3 Å². The summed E-state index contributed by atoms with van der Waals surface area (Å²) in [7, 11) is 0. The summed E-state index contributed by atoms with van der Waals surface area (Å²) >= 11 is 0. The van der Waals surface area contributed by atoms with Crippen molar-refractivity contribution in [3.05, 3.63) is 192 Å². The zero-order valence-electron chi connectivity index (χ0n) is 69.3. The first kappa shape index (κ1) is 93.6. The molecule has 8 aromatic rings. The maximum absolute atomic E-state index is 15.0. The molecule has 0 spiro atoms. The Morgan fingerprint density at radius 3 is 1.42 bits per heavy atom. The highest BCUT2D eigenvalue weighted by atomic mass is 16.4. The number of aromatic nitrogens is 5. The molecule has 5 aromatic carbocycles. The number of unbranched alkanes of at least 4 members (excludes halogenated alkanes) is 2. The molecule has 0 aliphatic carbocycles. The van der Waals surface area contributed by atoms with Crippen LogP contribution in [0.5, 0.6) is 0 Å². The van der Waals surface area contributed by atoms with Crippen LogP contribution in [-0.2, 0) is 112 Å². The zero-order chi connectivity index (χ0) is 88.7. The lowest BCUT2D eigenvalue weighted by atomic mass is 9.98. The number of hydrogen-bond donors (Lipinski definition) is 18. The fourth-order valence-electron chi connectivity index (χ4n) is 14.5. The Kier molecular flexibility index (Phi) is 35.4. The lowest BCUT2D eigenvalue weighted by molar-refractivity contribution is -0.143. The molecule has 0 radical (unpaired) electrons. The normalized spacial score (nSPS) is 15.6. The van der Waals surface area contributed by atoms with Gasteiger partial charge in [-0.15, -0.1) is 5.10 Å². The highest BCUT2D eigenvalue weighted by molar-refractivity contribution is 6.00. The number of rotatable bonds is 49. The van der Waals surface area contributed by atoms with E-state index in [-0.39, 0.29) is 95.3 Å². The number of nitrogens with one attached hydrogen (secondary N) is 13. The number of likely N-dealkylation sites (tertiary alicyclic amines) is 1. The zero-order valence-corrected chi connectivity index (χ0v) is 69.3. The van der Waals surface area contributed by atoms with Gasteiger partial charge in [0.25, 0.3) is 0 Å². The van der Waals surface area contributed by atoms with Crippen molar-refractivity contribution in [2.45, 2.75) is 203 Å². The number of carbonyl (C=O) groups excluding carboxylic acids is 12. The van der Waals surface area contributed by atoms with Crippen LogP contribution in [0.3, 0.4) is 0 Å². The van der Waals surface area contributed by atoms with E-state index in [9.17, 15) is 72.2 Å². The summed E-state index contributed by atoms with van der Waals surface area (Å²) < 4.78 is 1.47. The molecular formula is C87H112N20O16. The van der Waals surface area contributed by atoms with Gasteiger partial charge in [0.1, 0.15) is 60.9 Å². The van der Waals surface area contributed by atoms with Gasteiger partial charge in [0, 0.05) is 79.7 Å². The number of aromatic amines is 2. The summed E-state index contributed by atoms with van der Waals surface area (Å²) in [5.41, 5.74) is 23.0. The van der Waals surface area contributed by atoms with Crippen molar-refractivity contribution in [3.8, 4) is 0 Å². The number of amides is 12. The van der Waals surface area contributed by atoms with Gasteiger partial charge in [-0.1, -0.05) is 153 Å². The molecule has 0 saturated carbocycles. The number of H-pyrrole nitrogens is 2. The molecule has 21 N–H and O–H groups in total. The van der Waals surface area contributed by atoms with E-state index < -0.39 is 175 Å².